The van der Waals surface area contributed by atoms with Gasteiger partial charge in [0.1, 0.15) is 6.04 Å². The molecule has 5 nitrogen and oxygen atoms in total. The van der Waals surface area contributed by atoms with Crippen molar-refractivity contribution in [1.82, 2.24) is 16.0 Å². The molecule has 78 valence electrons. The van der Waals surface area contributed by atoms with Gasteiger partial charge in [0.2, 0.25) is 0 Å². The first-order valence-electron chi connectivity index (χ1n) is 5.08. The van der Waals surface area contributed by atoms with Gasteiger partial charge in [0.15, 0.2) is 0 Å². The molecule has 2 fully saturated rings. The molecule has 0 bridgehead atoms. The molecule has 0 aromatic carbocycles. The number of imide groups is 1. The number of carbonyl (C=O) groups excluding carboxylic acids is 2. The van der Waals surface area contributed by atoms with Crippen LogP contribution in [0.15, 0.2) is 0 Å². The molecule has 0 aliphatic carbocycles. The minimum Gasteiger partial charge on any atom is -0.326 e. The van der Waals surface area contributed by atoms with Gasteiger partial charge in [-0.2, -0.15) is 0 Å². The van der Waals surface area contributed by atoms with Crippen LogP contribution in [0.4, 0.5) is 4.79 Å². The molecule has 2 heterocycles. The van der Waals surface area contributed by atoms with Crippen LogP contribution in [0.25, 0.3) is 0 Å². The van der Waals surface area contributed by atoms with Crippen molar-refractivity contribution < 1.29 is 9.59 Å². The van der Waals surface area contributed by atoms with E-state index in [4.69, 9.17) is 0 Å². The molecule has 0 aromatic heterocycles. The summed E-state index contributed by atoms with van der Waals surface area (Å²) in [4.78, 5) is 22.1. The monoisotopic (exact) mass is 197 g/mol. The normalized spacial score (nSPS) is 28.7. The second-order valence-corrected chi connectivity index (χ2v) is 3.94. The van der Waals surface area contributed by atoms with Gasteiger partial charge in [0, 0.05) is 0 Å². The van der Waals surface area contributed by atoms with E-state index in [1.165, 1.54) is 0 Å². The average Bonchev–Trinajstić information content (AvgIpc) is 2.47. The number of amides is 3. The summed E-state index contributed by atoms with van der Waals surface area (Å²) < 4.78 is 0. The Kier molecular flexibility index (Phi) is 2.67. The van der Waals surface area contributed by atoms with Gasteiger partial charge in [-0.15, -0.1) is 0 Å². The molecule has 1 atom stereocenters. The number of hydrogen-bond acceptors (Lipinski definition) is 3. The van der Waals surface area contributed by atoms with E-state index < -0.39 is 0 Å². The Hall–Kier alpha value is -1.10. The lowest BCUT2D eigenvalue weighted by Gasteiger charge is -2.23. The molecule has 2 rings (SSSR count). The summed E-state index contributed by atoms with van der Waals surface area (Å²) in [6.45, 7) is 2.04. The van der Waals surface area contributed by atoms with Crippen LogP contribution in [0, 0.1) is 5.92 Å². The summed E-state index contributed by atoms with van der Waals surface area (Å²) in [5.41, 5.74) is 0. The molecule has 2 aliphatic heterocycles. The lowest BCUT2D eigenvalue weighted by Crippen LogP contribution is -2.35. The summed E-state index contributed by atoms with van der Waals surface area (Å²) in [6.07, 6.45) is 2.97. The lowest BCUT2D eigenvalue weighted by atomic mass is 9.91. The molecule has 2 saturated heterocycles. The average molecular weight is 197 g/mol. The Bertz CT molecular complexity index is 248. The third-order valence-corrected chi connectivity index (χ3v) is 2.89. The van der Waals surface area contributed by atoms with E-state index in [0.29, 0.717) is 5.92 Å². The van der Waals surface area contributed by atoms with Crippen LogP contribution in [-0.2, 0) is 4.79 Å². The second-order valence-electron chi connectivity index (χ2n) is 3.94. The molecule has 0 spiro atoms. The molecular formula is C9H15N3O2. The fourth-order valence-corrected chi connectivity index (χ4v) is 2.08. The van der Waals surface area contributed by atoms with Crippen LogP contribution in [-0.4, -0.2) is 31.1 Å². The Morgan fingerprint density at radius 1 is 1.21 bits per heavy atom. The maximum atomic E-state index is 11.2. The van der Waals surface area contributed by atoms with Gasteiger partial charge in [-0.05, 0) is 38.3 Å². The maximum Gasteiger partial charge on any atom is 0.322 e. The summed E-state index contributed by atoms with van der Waals surface area (Å²) in [5.74, 6) is 0.388. The van der Waals surface area contributed by atoms with Crippen molar-refractivity contribution in [3.63, 3.8) is 0 Å². The van der Waals surface area contributed by atoms with Crippen LogP contribution in [0.2, 0.25) is 0 Å². The van der Waals surface area contributed by atoms with Gasteiger partial charge < -0.3 is 10.6 Å². The number of hydrogen-bond donors (Lipinski definition) is 3. The van der Waals surface area contributed by atoms with E-state index in [1.807, 2.05) is 0 Å². The van der Waals surface area contributed by atoms with Gasteiger partial charge in [-0.25, -0.2) is 4.79 Å². The molecule has 0 saturated carbocycles. The number of rotatable bonds is 2. The predicted molar refractivity (Wildman–Crippen MR) is 50.7 cm³/mol. The molecule has 1 unspecified atom stereocenters. The molecule has 2 aliphatic rings. The first-order valence-corrected chi connectivity index (χ1v) is 5.08. The molecule has 0 aromatic rings. The zero-order valence-electron chi connectivity index (χ0n) is 8.01. The van der Waals surface area contributed by atoms with E-state index in [-0.39, 0.29) is 18.0 Å². The molecule has 14 heavy (non-hydrogen) atoms. The van der Waals surface area contributed by atoms with Crippen molar-refractivity contribution in [2.45, 2.75) is 25.3 Å². The van der Waals surface area contributed by atoms with Crippen LogP contribution in [0.1, 0.15) is 19.3 Å². The van der Waals surface area contributed by atoms with E-state index >= 15 is 0 Å². The highest BCUT2D eigenvalue weighted by Gasteiger charge is 2.31. The van der Waals surface area contributed by atoms with Crippen molar-refractivity contribution >= 4 is 11.9 Å². The van der Waals surface area contributed by atoms with E-state index in [2.05, 4.69) is 16.0 Å². The second kappa shape index (κ2) is 3.96. The van der Waals surface area contributed by atoms with Crippen LogP contribution >= 0.6 is 0 Å². The Morgan fingerprint density at radius 3 is 2.50 bits per heavy atom. The van der Waals surface area contributed by atoms with Gasteiger partial charge >= 0.3 is 6.03 Å². The minimum absolute atomic E-state index is 0.173. The first-order chi connectivity index (χ1) is 6.75. The number of piperidine rings is 1. The van der Waals surface area contributed by atoms with Crippen LogP contribution in [0.3, 0.4) is 0 Å². The number of carbonyl (C=O) groups is 2. The van der Waals surface area contributed by atoms with Gasteiger partial charge in [-0.3, -0.25) is 10.1 Å². The topological polar surface area (TPSA) is 70.2 Å². The Labute approximate surface area is 82.6 Å². The molecule has 3 amide bonds. The standard InChI is InChI=1S/C9H15N3O2/c13-8-7(11-9(14)12-8)5-6-1-3-10-4-2-6/h6-7,10H,1-5H2,(H2,11,12,13,14). The van der Waals surface area contributed by atoms with Gasteiger partial charge in [0.05, 0.1) is 0 Å². The zero-order chi connectivity index (χ0) is 9.97. The smallest absolute Gasteiger partial charge is 0.322 e. The first kappa shape index (κ1) is 9.45. The van der Waals surface area contributed by atoms with E-state index in [0.717, 1.165) is 32.4 Å². The van der Waals surface area contributed by atoms with Crippen LogP contribution < -0.4 is 16.0 Å². The third-order valence-electron chi connectivity index (χ3n) is 2.89. The summed E-state index contributed by atoms with van der Waals surface area (Å²) >= 11 is 0. The Balaban J connectivity index is 1.84. The molecule has 5 heteroatoms. The van der Waals surface area contributed by atoms with Crippen molar-refractivity contribution in [1.29, 1.82) is 0 Å². The fourth-order valence-electron chi connectivity index (χ4n) is 2.08. The number of nitrogens with one attached hydrogen (secondary N) is 3. The summed E-state index contributed by atoms with van der Waals surface area (Å²) in [5, 5.41) is 8.15. The minimum atomic E-state index is -0.353. The SMILES string of the molecule is O=C1NC(=O)C(CC2CCNCC2)N1. The summed E-state index contributed by atoms with van der Waals surface area (Å²) in [7, 11) is 0. The zero-order valence-corrected chi connectivity index (χ0v) is 8.01. The van der Waals surface area contributed by atoms with E-state index in [1.54, 1.807) is 0 Å². The van der Waals surface area contributed by atoms with Crippen molar-refractivity contribution in [2.24, 2.45) is 5.92 Å². The predicted octanol–water partition coefficient (Wildman–Crippen LogP) is -0.416. The molecular weight excluding hydrogens is 182 g/mol. The summed E-state index contributed by atoms with van der Waals surface area (Å²) in [6, 6.07) is -0.653. The number of urea groups is 1. The lowest BCUT2D eigenvalue weighted by molar-refractivity contribution is -0.120. The highest BCUT2D eigenvalue weighted by molar-refractivity contribution is 6.04. The van der Waals surface area contributed by atoms with Crippen LogP contribution in [0.5, 0.6) is 0 Å². The quantitative estimate of drug-likeness (QED) is 0.527. The van der Waals surface area contributed by atoms with Crippen molar-refractivity contribution in [2.75, 3.05) is 13.1 Å². The largest absolute Gasteiger partial charge is 0.326 e. The van der Waals surface area contributed by atoms with Crippen molar-refractivity contribution in [3.8, 4) is 0 Å². The van der Waals surface area contributed by atoms with E-state index in [9.17, 15) is 9.59 Å². The van der Waals surface area contributed by atoms with Crippen molar-refractivity contribution in [3.05, 3.63) is 0 Å². The third kappa shape index (κ3) is 2.04. The fraction of sp³-hybridized carbons (Fsp3) is 0.778. The highest BCUT2D eigenvalue weighted by Crippen LogP contribution is 2.18. The molecule has 3 N–H and O–H groups in total. The van der Waals surface area contributed by atoms with Gasteiger partial charge in [-0.1, -0.05) is 0 Å². The molecule has 0 radical (unpaired) electrons. The Morgan fingerprint density at radius 2 is 1.93 bits per heavy atom. The maximum absolute atomic E-state index is 11.2. The van der Waals surface area contributed by atoms with Gasteiger partial charge in [0.25, 0.3) is 5.91 Å². The highest BCUT2D eigenvalue weighted by atomic mass is 16.2.